The maximum absolute atomic E-state index is 15.1. The van der Waals surface area contributed by atoms with Crippen LogP contribution in [0.1, 0.15) is 6.42 Å². The lowest BCUT2D eigenvalue weighted by atomic mass is 9.89. The number of halogens is 4. The number of pyridine rings is 1. The molecule has 1 aliphatic heterocycles. The second-order valence-electron chi connectivity index (χ2n) is 7.58. The Morgan fingerprint density at radius 3 is 2.55 bits per heavy atom. The number of sulfonamides is 1. The topological polar surface area (TPSA) is 74.8 Å². The number of methoxy groups -OCH3 is 1. The lowest BCUT2D eigenvalue weighted by Crippen LogP contribution is -2.64. The van der Waals surface area contributed by atoms with Crippen LogP contribution in [-0.2, 0) is 14.8 Å². The zero-order valence-electron chi connectivity index (χ0n) is 17.1. The zero-order valence-corrected chi connectivity index (χ0v) is 19.5. The predicted octanol–water partition coefficient (Wildman–Crippen LogP) is 3.62. The van der Waals surface area contributed by atoms with Gasteiger partial charge in [-0.2, -0.15) is 4.39 Å². The molecule has 1 aromatic heterocycles. The average Bonchev–Trinajstić information content (AvgIpc) is 2.64. The van der Waals surface area contributed by atoms with Crippen LogP contribution in [0.15, 0.2) is 29.2 Å². The van der Waals surface area contributed by atoms with Gasteiger partial charge in [0, 0.05) is 26.7 Å². The molecule has 2 aromatic rings. The van der Waals surface area contributed by atoms with Crippen molar-refractivity contribution in [2.75, 3.05) is 50.5 Å². The molecule has 0 aliphatic carbocycles. The molecule has 31 heavy (non-hydrogen) atoms. The number of aromatic nitrogens is 1. The number of rotatable bonds is 8. The highest BCUT2D eigenvalue weighted by atomic mass is 35.5. The van der Waals surface area contributed by atoms with Crippen molar-refractivity contribution in [3.63, 3.8) is 0 Å². The van der Waals surface area contributed by atoms with E-state index >= 15 is 4.39 Å². The number of anilines is 2. The summed E-state index contributed by atoms with van der Waals surface area (Å²) in [6.45, 7) is 1.70. The van der Waals surface area contributed by atoms with Gasteiger partial charge in [0.05, 0.1) is 10.7 Å². The van der Waals surface area contributed by atoms with Crippen LogP contribution < -0.4 is 9.62 Å². The Hall–Kier alpha value is -1.72. The lowest BCUT2D eigenvalue weighted by molar-refractivity contribution is -0.0430. The van der Waals surface area contributed by atoms with Crippen LogP contribution in [-0.4, -0.2) is 64.7 Å². The quantitative estimate of drug-likeness (QED) is 0.446. The summed E-state index contributed by atoms with van der Waals surface area (Å²) in [6.07, 6.45) is 0.762. The molecule has 0 amide bonds. The Bertz CT molecular complexity index is 1080. The summed E-state index contributed by atoms with van der Waals surface area (Å²) in [5.41, 5.74) is -0.143. The molecule has 0 spiro atoms. The van der Waals surface area contributed by atoms with Gasteiger partial charge in [-0.05, 0) is 38.7 Å². The minimum Gasteiger partial charge on any atom is -0.374 e. The van der Waals surface area contributed by atoms with Gasteiger partial charge in [0.2, 0.25) is 5.95 Å². The van der Waals surface area contributed by atoms with Gasteiger partial charge in [0.15, 0.2) is 5.82 Å². The second kappa shape index (κ2) is 9.03. The Labute approximate surface area is 190 Å². The molecule has 2 heterocycles. The molecule has 0 atom stereocenters. The fourth-order valence-corrected chi connectivity index (χ4v) is 5.29. The standard InChI is InChI=1S/C19H22Cl2F2N4O3S/c1-26(2)8-7-19(30-3)10-27(11-19)13-9-12(20)18(17(23)16(13)21)31(28,29)25-15-6-4-5-14(22)24-15/h4-6,9H,7-8,10-11H2,1-3H3,(H,24,25). The Balaban J connectivity index is 1.86. The summed E-state index contributed by atoms with van der Waals surface area (Å²) >= 11 is 12.3. The minimum absolute atomic E-state index is 0.268. The van der Waals surface area contributed by atoms with Gasteiger partial charge in [-0.15, -0.1) is 0 Å². The molecule has 1 saturated heterocycles. The van der Waals surface area contributed by atoms with Crippen molar-refractivity contribution in [1.82, 2.24) is 9.88 Å². The van der Waals surface area contributed by atoms with Gasteiger partial charge >= 0.3 is 0 Å². The predicted molar refractivity (Wildman–Crippen MR) is 117 cm³/mol. The SMILES string of the molecule is COC1(CCN(C)C)CN(c2cc(Cl)c(S(=O)(=O)Nc3cccc(F)n3)c(F)c2Cl)C1. The molecule has 1 aromatic carbocycles. The van der Waals surface area contributed by atoms with Crippen LogP contribution in [0.4, 0.5) is 20.3 Å². The molecule has 7 nitrogen and oxygen atoms in total. The number of ether oxygens (including phenoxy) is 1. The molecule has 0 radical (unpaired) electrons. The van der Waals surface area contributed by atoms with Crippen LogP contribution in [0.3, 0.4) is 0 Å². The van der Waals surface area contributed by atoms with Gasteiger partial charge < -0.3 is 14.5 Å². The summed E-state index contributed by atoms with van der Waals surface area (Å²) in [4.78, 5) is 6.38. The zero-order chi connectivity index (χ0) is 23.0. The Kier molecular flexibility index (Phi) is 6.97. The molecule has 0 unspecified atom stereocenters. The second-order valence-corrected chi connectivity index (χ2v) is 9.99. The van der Waals surface area contributed by atoms with Gasteiger partial charge in [0.25, 0.3) is 10.0 Å². The highest BCUT2D eigenvalue weighted by Crippen LogP contribution is 2.42. The van der Waals surface area contributed by atoms with Gasteiger partial charge in [-0.3, -0.25) is 4.72 Å². The fourth-order valence-electron chi connectivity index (χ4n) is 3.33. The molecule has 3 rings (SSSR count). The number of hydrogen-bond donors (Lipinski definition) is 1. The van der Waals surface area contributed by atoms with Crippen molar-refractivity contribution in [3.8, 4) is 0 Å². The van der Waals surface area contributed by atoms with Crippen LogP contribution in [0.25, 0.3) is 0 Å². The molecule has 0 saturated carbocycles. The monoisotopic (exact) mass is 494 g/mol. The van der Waals surface area contributed by atoms with Crippen molar-refractivity contribution >= 4 is 44.7 Å². The van der Waals surface area contributed by atoms with Crippen molar-refractivity contribution < 1.29 is 21.9 Å². The first-order chi connectivity index (χ1) is 14.5. The third-order valence-corrected chi connectivity index (χ3v) is 7.25. The van der Waals surface area contributed by atoms with E-state index < -0.39 is 32.3 Å². The lowest BCUT2D eigenvalue weighted by Gasteiger charge is -2.51. The third kappa shape index (κ3) is 5.04. The molecule has 1 aliphatic rings. The van der Waals surface area contributed by atoms with Crippen molar-refractivity contribution in [3.05, 3.63) is 46.1 Å². The molecule has 12 heteroatoms. The minimum atomic E-state index is -4.51. The summed E-state index contributed by atoms with van der Waals surface area (Å²) in [7, 11) is 1.02. The summed E-state index contributed by atoms with van der Waals surface area (Å²) < 4.78 is 61.3. The maximum atomic E-state index is 15.1. The van der Waals surface area contributed by atoms with Crippen LogP contribution in [0.2, 0.25) is 10.0 Å². The smallest absolute Gasteiger partial charge is 0.267 e. The third-order valence-electron chi connectivity index (χ3n) is 5.07. The molecule has 0 bridgehead atoms. The van der Waals surface area contributed by atoms with E-state index in [1.165, 1.54) is 18.2 Å². The van der Waals surface area contributed by atoms with Crippen molar-refractivity contribution in [2.45, 2.75) is 16.9 Å². The first-order valence-electron chi connectivity index (χ1n) is 9.26. The molecule has 1 N–H and O–H groups in total. The molecule has 1 fully saturated rings. The highest BCUT2D eigenvalue weighted by molar-refractivity contribution is 7.92. The van der Waals surface area contributed by atoms with Crippen LogP contribution in [0.5, 0.6) is 0 Å². The Morgan fingerprint density at radius 2 is 1.97 bits per heavy atom. The van der Waals surface area contributed by atoms with E-state index in [0.29, 0.717) is 13.1 Å². The van der Waals surface area contributed by atoms with Crippen molar-refractivity contribution in [1.29, 1.82) is 0 Å². The largest absolute Gasteiger partial charge is 0.374 e. The van der Waals surface area contributed by atoms with E-state index in [1.54, 1.807) is 12.0 Å². The number of nitrogens with zero attached hydrogens (tertiary/aromatic N) is 3. The first kappa shape index (κ1) is 23.9. The summed E-state index contributed by atoms with van der Waals surface area (Å²) in [5, 5.41) is -0.738. The van der Waals surface area contributed by atoms with Crippen LogP contribution >= 0.6 is 23.2 Å². The summed E-state index contributed by atoms with van der Waals surface area (Å²) in [5.74, 6) is -2.41. The first-order valence-corrected chi connectivity index (χ1v) is 11.5. The summed E-state index contributed by atoms with van der Waals surface area (Å²) in [6, 6.07) is 4.83. The van der Waals surface area contributed by atoms with E-state index in [4.69, 9.17) is 27.9 Å². The molecular formula is C19H22Cl2F2N4O3S. The van der Waals surface area contributed by atoms with Gasteiger partial charge in [-0.25, -0.2) is 17.8 Å². The van der Waals surface area contributed by atoms with E-state index in [9.17, 15) is 12.8 Å². The number of nitrogens with one attached hydrogen (secondary N) is 1. The van der Waals surface area contributed by atoms with E-state index in [1.807, 2.05) is 23.7 Å². The van der Waals surface area contributed by atoms with Crippen LogP contribution in [0, 0.1) is 11.8 Å². The Morgan fingerprint density at radius 1 is 1.29 bits per heavy atom. The fraction of sp³-hybridized carbons (Fsp3) is 0.421. The van der Waals surface area contributed by atoms with Gasteiger partial charge in [-0.1, -0.05) is 29.3 Å². The molecular weight excluding hydrogens is 473 g/mol. The van der Waals surface area contributed by atoms with Gasteiger partial charge in [0.1, 0.15) is 21.3 Å². The van der Waals surface area contributed by atoms with Crippen molar-refractivity contribution in [2.24, 2.45) is 0 Å². The van der Waals surface area contributed by atoms with E-state index in [-0.39, 0.29) is 21.6 Å². The average molecular weight is 495 g/mol. The highest BCUT2D eigenvalue weighted by Gasteiger charge is 2.44. The maximum Gasteiger partial charge on any atom is 0.267 e. The van der Waals surface area contributed by atoms with E-state index in [2.05, 4.69) is 4.98 Å². The van der Waals surface area contributed by atoms with E-state index in [0.717, 1.165) is 19.0 Å². The number of benzene rings is 1. The number of hydrogen-bond acceptors (Lipinski definition) is 6. The normalized spacial score (nSPS) is 15.8. The molecule has 170 valence electrons.